The van der Waals surface area contributed by atoms with Crippen LogP contribution in [0.15, 0.2) is 29.3 Å². The maximum absolute atomic E-state index is 5.46. The van der Waals surface area contributed by atoms with Gasteiger partial charge in [-0.25, -0.2) is 4.99 Å². The first-order valence-electron chi connectivity index (χ1n) is 10.2. The number of rotatable bonds is 9. The molecule has 1 aliphatic rings. The summed E-state index contributed by atoms with van der Waals surface area (Å²) in [7, 11) is 2.15. The average molecular weight is 503 g/mol. The molecule has 1 aromatic carbocycles. The van der Waals surface area contributed by atoms with Crippen LogP contribution in [0.1, 0.15) is 31.9 Å². The molecule has 0 saturated carbocycles. The van der Waals surface area contributed by atoms with Gasteiger partial charge in [0.2, 0.25) is 0 Å². The lowest BCUT2D eigenvalue weighted by Crippen LogP contribution is -2.42. The molecule has 7 heteroatoms. The topological polar surface area (TPSA) is 52.1 Å². The average Bonchev–Trinajstić information content (AvgIpc) is 2.67. The van der Waals surface area contributed by atoms with Crippen molar-refractivity contribution >= 4 is 29.9 Å². The van der Waals surface area contributed by atoms with Crippen LogP contribution < -0.4 is 10.6 Å². The summed E-state index contributed by atoms with van der Waals surface area (Å²) >= 11 is 0. The Morgan fingerprint density at radius 1 is 1.18 bits per heavy atom. The van der Waals surface area contributed by atoms with Gasteiger partial charge in [-0.1, -0.05) is 24.3 Å². The number of nitrogens with zero attached hydrogens (tertiary/aromatic N) is 3. The van der Waals surface area contributed by atoms with E-state index in [0.29, 0.717) is 12.6 Å². The summed E-state index contributed by atoms with van der Waals surface area (Å²) in [6, 6.07) is 9.19. The summed E-state index contributed by atoms with van der Waals surface area (Å²) in [5.41, 5.74) is 2.65. The molecular weight excluding hydrogens is 465 g/mol. The zero-order valence-corrected chi connectivity index (χ0v) is 20.2. The van der Waals surface area contributed by atoms with Crippen molar-refractivity contribution < 1.29 is 4.74 Å². The number of hydrogen-bond donors (Lipinski definition) is 2. The molecule has 2 rings (SSSR count). The van der Waals surface area contributed by atoms with Crippen molar-refractivity contribution in [3.63, 3.8) is 0 Å². The highest BCUT2D eigenvalue weighted by molar-refractivity contribution is 14.0. The summed E-state index contributed by atoms with van der Waals surface area (Å²) in [5, 5.41) is 6.80. The molecule has 0 bridgehead atoms. The van der Waals surface area contributed by atoms with Gasteiger partial charge in [0.25, 0.3) is 0 Å². The van der Waals surface area contributed by atoms with E-state index in [-0.39, 0.29) is 24.0 Å². The van der Waals surface area contributed by atoms with Gasteiger partial charge in [-0.3, -0.25) is 4.90 Å². The Morgan fingerprint density at radius 2 is 1.86 bits per heavy atom. The third-order valence-electron chi connectivity index (χ3n) is 5.01. The molecule has 1 fully saturated rings. The van der Waals surface area contributed by atoms with Crippen molar-refractivity contribution in [3.8, 4) is 0 Å². The summed E-state index contributed by atoms with van der Waals surface area (Å²) in [6.45, 7) is 14.6. The van der Waals surface area contributed by atoms with E-state index < -0.39 is 0 Å². The normalized spacial score (nSPS) is 15.6. The lowest BCUT2D eigenvalue weighted by atomic mass is 10.1. The predicted molar refractivity (Wildman–Crippen MR) is 129 cm³/mol. The van der Waals surface area contributed by atoms with Crippen LogP contribution in [0.4, 0.5) is 0 Å². The third kappa shape index (κ3) is 9.07. The zero-order valence-electron chi connectivity index (χ0n) is 17.9. The number of ether oxygens (including phenoxy) is 1. The van der Waals surface area contributed by atoms with Crippen molar-refractivity contribution in [2.24, 2.45) is 4.99 Å². The second-order valence-electron chi connectivity index (χ2n) is 7.35. The fraction of sp³-hybridized carbons (Fsp3) is 0.667. The molecule has 160 valence electrons. The van der Waals surface area contributed by atoms with Crippen LogP contribution >= 0.6 is 24.0 Å². The Hall–Kier alpha value is -0.900. The lowest BCUT2D eigenvalue weighted by Gasteiger charge is -2.27. The van der Waals surface area contributed by atoms with Crippen LogP contribution in [-0.4, -0.2) is 74.8 Å². The predicted octanol–water partition coefficient (Wildman–Crippen LogP) is 2.53. The quantitative estimate of drug-likeness (QED) is 0.308. The van der Waals surface area contributed by atoms with Gasteiger partial charge in [-0.2, -0.15) is 0 Å². The van der Waals surface area contributed by atoms with Gasteiger partial charge in [0.15, 0.2) is 5.96 Å². The van der Waals surface area contributed by atoms with Crippen LogP contribution in [0.25, 0.3) is 0 Å². The van der Waals surface area contributed by atoms with E-state index in [0.717, 1.165) is 58.4 Å². The van der Waals surface area contributed by atoms with Crippen molar-refractivity contribution in [1.82, 2.24) is 20.4 Å². The van der Waals surface area contributed by atoms with Gasteiger partial charge < -0.3 is 20.3 Å². The van der Waals surface area contributed by atoms with Gasteiger partial charge in [0.05, 0.1) is 19.8 Å². The minimum absolute atomic E-state index is 0. The van der Waals surface area contributed by atoms with Crippen LogP contribution in [0.2, 0.25) is 0 Å². The van der Waals surface area contributed by atoms with E-state index in [9.17, 15) is 0 Å². The summed E-state index contributed by atoms with van der Waals surface area (Å²) in [5.74, 6) is 0.885. The molecule has 1 saturated heterocycles. The first kappa shape index (κ1) is 25.1. The van der Waals surface area contributed by atoms with Crippen LogP contribution in [-0.2, 0) is 17.8 Å². The number of likely N-dealkylation sites (N-methyl/N-ethyl adjacent to an activating group) is 1. The highest BCUT2D eigenvalue weighted by Gasteiger charge is 2.12. The monoisotopic (exact) mass is 503 g/mol. The number of benzene rings is 1. The molecule has 2 N–H and O–H groups in total. The SMILES string of the molecule is CCNC(=NCc1ccccc1CN1CCOCC1)NCCN(C)C(C)C.I. The molecule has 28 heavy (non-hydrogen) atoms. The Bertz CT molecular complexity index is 576. The molecule has 0 spiro atoms. The maximum atomic E-state index is 5.46. The number of halogens is 1. The van der Waals surface area contributed by atoms with Gasteiger partial charge in [0.1, 0.15) is 0 Å². The summed E-state index contributed by atoms with van der Waals surface area (Å²) in [4.78, 5) is 9.60. The van der Waals surface area contributed by atoms with E-state index in [1.807, 2.05) is 0 Å². The largest absolute Gasteiger partial charge is 0.379 e. The number of aliphatic imine (C=N–C) groups is 1. The molecule has 0 atom stereocenters. The first-order chi connectivity index (χ1) is 13.1. The number of guanidine groups is 1. The Morgan fingerprint density at radius 3 is 2.50 bits per heavy atom. The van der Waals surface area contributed by atoms with Crippen LogP contribution in [0, 0.1) is 0 Å². The first-order valence-corrected chi connectivity index (χ1v) is 10.2. The Balaban J connectivity index is 0.00000392. The van der Waals surface area contributed by atoms with Crippen molar-refractivity contribution in [3.05, 3.63) is 35.4 Å². The molecule has 1 aliphatic heterocycles. The molecule has 1 aromatic rings. The van der Waals surface area contributed by atoms with Gasteiger partial charge in [-0.15, -0.1) is 24.0 Å². The highest BCUT2D eigenvalue weighted by Crippen LogP contribution is 2.14. The molecule has 1 heterocycles. The highest BCUT2D eigenvalue weighted by atomic mass is 127. The van der Waals surface area contributed by atoms with Crippen molar-refractivity contribution in [1.29, 1.82) is 0 Å². The molecule has 0 aromatic heterocycles. The zero-order chi connectivity index (χ0) is 19.5. The van der Waals surface area contributed by atoms with Gasteiger partial charge in [0, 0.05) is 45.3 Å². The molecule has 0 unspecified atom stereocenters. The maximum Gasteiger partial charge on any atom is 0.191 e. The minimum Gasteiger partial charge on any atom is -0.379 e. The Kier molecular flexibility index (Phi) is 12.7. The van der Waals surface area contributed by atoms with E-state index in [2.05, 4.69) is 72.5 Å². The van der Waals surface area contributed by atoms with Crippen molar-refractivity contribution in [2.45, 2.75) is 39.9 Å². The fourth-order valence-corrected chi connectivity index (χ4v) is 2.98. The molecular formula is C21H38IN5O. The minimum atomic E-state index is 0. The van der Waals surface area contributed by atoms with E-state index in [1.165, 1.54) is 11.1 Å². The summed E-state index contributed by atoms with van der Waals surface area (Å²) < 4.78 is 5.46. The second-order valence-corrected chi connectivity index (χ2v) is 7.35. The molecule has 0 radical (unpaired) electrons. The summed E-state index contributed by atoms with van der Waals surface area (Å²) in [6.07, 6.45) is 0. The smallest absolute Gasteiger partial charge is 0.191 e. The van der Waals surface area contributed by atoms with E-state index in [4.69, 9.17) is 9.73 Å². The number of nitrogens with one attached hydrogen (secondary N) is 2. The number of hydrogen-bond acceptors (Lipinski definition) is 4. The number of morpholine rings is 1. The van der Waals surface area contributed by atoms with Gasteiger partial charge in [-0.05, 0) is 38.9 Å². The lowest BCUT2D eigenvalue weighted by molar-refractivity contribution is 0.0341. The molecule has 0 aliphatic carbocycles. The van der Waals surface area contributed by atoms with Gasteiger partial charge >= 0.3 is 0 Å². The van der Waals surface area contributed by atoms with Crippen LogP contribution in [0.5, 0.6) is 0 Å². The second kappa shape index (κ2) is 14.1. The van der Waals surface area contributed by atoms with Crippen LogP contribution in [0.3, 0.4) is 0 Å². The molecule has 0 amide bonds. The third-order valence-corrected chi connectivity index (χ3v) is 5.01. The fourth-order valence-electron chi connectivity index (χ4n) is 2.98. The Labute approximate surface area is 188 Å². The van der Waals surface area contributed by atoms with E-state index >= 15 is 0 Å². The van der Waals surface area contributed by atoms with Crippen molar-refractivity contribution in [2.75, 3.05) is 53.0 Å². The molecule has 6 nitrogen and oxygen atoms in total. The standard InChI is InChI=1S/C21H37N5O.HI/c1-5-22-21(23-10-11-25(4)18(2)3)24-16-19-8-6-7-9-20(19)17-26-12-14-27-15-13-26;/h6-9,18H,5,10-17H2,1-4H3,(H2,22,23,24);1H. The van der Waals surface area contributed by atoms with E-state index in [1.54, 1.807) is 0 Å².